The highest BCUT2D eigenvalue weighted by Gasteiger charge is 2.39. The number of unbranched alkanes of at least 4 members (excludes halogenated alkanes) is 12. The van der Waals surface area contributed by atoms with E-state index >= 15 is 0 Å². The molecule has 8 unspecified atom stereocenters. The Hall–Kier alpha value is -4.85. The van der Waals surface area contributed by atoms with E-state index in [1.807, 2.05) is 0 Å². The number of esters is 1. The van der Waals surface area contributed by atoms with Crippen LogP contribution >= 0.6 is 0 Å². The summed E-state index contributed by atoms with van der Waals surface area (Å²) < 4.78 is 5.76. The molecule has 408 valence electrons. The summed E-state index contributed by atoms with van der Waals surface area (Å²) >= 11 is 0. The van der Waals surface area contributed by atoms with Crippen molar-refractivity contribution in [2.24, 2.45) is 23.7 Å². The first-order valence-corrected chi connectivity index (χ1v) is 26.3. The van der Waals surface area contributed by atoms with E-state index in [0.29, 0.717) is 6.42 Å². The maximum atomic E-state index is 14.3. The lowest BCUT2D eigenvalue weighted by molar-refractivity contribution is -0.157. The number of hydrogen-bond acceptors (Lipinski definition) is 12. The number of cyclic esters (lactones) is 1. The third-order valence-corrected chi connectivity index (χ3v) is 12.2. The molecule has 0 aromatic rings. The van der Waals surface area contributed by atoms with E-state index in [1.54, 1.807) is 55.4 Å². The smallest absolute Gasteiger partial charge is 0.329 e. The molecule has 71 heavy (non-hydrogen) atoms. The van der Waals surface area contributed by atoms with Crippen LogP contribution in [0.4, 0.5) is 0 Å². The number of carbonyl (C=O) groups excluding carboxylic acids is 9. The van der Waals surface area contributed by atoms with Crippen molar-refractivity contribution in [3.05, 3.63) is 0 Å². The Labute approximate surface area is 423 Å². The second-order valence-corrected chi connectivity index (χ2v) is 20.7. The Bertz CT molecular complexity index is 1680. The number of amides is 8. The van der Waals surface area contributed by atoms with Gasteiger partial charge in [-0.05, 0) is 56.3 Å². The van der Waals surface area contributed by atoms with Crippen molar-refractivity contribution in [1.82, 2.24) is 42.5 Å². The van der Waals surface area contributed by atoms with Crippen LogP contribution in [0.25, 0.3) is 0 Å². The minimum Gasteiger partial charge on any atom is -0.458 e. The Morgan fingerprint density at radius 2 is 0.972 bits per heavy atom. The summed E-state index contributed by atoms with van der Waals surface area (Å²) in [6.45, 7) is 15.2. The fourth-order valence-corrected chi connectivity index (χ4v) is 8.12. The largest absolute Gasteiger partial charge is 0.458 e. The fourth-order valence-electron chi connectivity index (χ4n) is 8.12. The molecule has 0 spiro atoms. The second kappa shape index (κ2) is 35.3. The van der Waals surface area contributed by atoms with Crippen LogP contribution in [0.5, 0.6) is 0 Å². The molecule has 0 aromatic carbocycles. The molecule has 0 saturated carbocycles. The number of ether oxygens (including phenoxy) is 1. The highest BCUT2D eigenvalue weighted by atomic mass is 16.5. The van der Waals surface area contributed by atoms with E-state index in [4.69, 9.17) is 4.74 Å². The Morgan fingerprint density at radius 3 is 1.39 bits per heavy atom. The summed E-state index contributed by atoms with van der Waals surface area (Å²) in [6.07, 6.45) is 13.9. The summed E-state index contributed by atoms with van der Waals surface area (Å²) in [7, 11) is 0. The monoisotopic (exact) mass is 1010 g/mol. The lowest BCUT2D eigenvalue weighted by Crippen LogP contribution is -2.62. The Balaban J connectivity index is 3.33. The van der Waals surface area contributed by atoms with Gasteiger partial charge in [-0.1, -0.05) is 139 Å². The standard InChI is InChI=1S/C51H92N8O12/c1-11-12-13-14-15-16-17-18-19-20-21-22-23-24-41(62)52-28-42(63)53-39(29-60)49(68)59-44-35(10)71-51(70)43(34(8)9)58-47(66)38(27-33(6)7)55-48(67)40(30-61)57-46(65)36(25-31(2)3)54-45(64)37(26-32(4)5)56-50(44)69/h31-40,43-44,60-61H,11-30H2,1-10H3,(H,52,62)(H,53,63)(H,54,64)(H,55,67)(H,56,69)(H,57,65)(H,58,66)(H,59,68). The van der Waals surface area contributed by atoms with Gasteiger partial charge < -0.3 is 57.5 Å². The molecule has 0 radical (unpaired) electrons. The minimum atomic E-state index is -1.77. The van der Waals surface area contributed by atoms with Crippen LogP contribution in [-0.2, 0) is 47.9 Å². The third-order valence-electron chi connectivity index (χ3n) is 12.2. The maximum absolute atomic E-state index is 14.3. The van der Waals surface area contributed by atoms with E-state index in [9.17, 15) is 53.4 Å². The van der Waals surface area contributed by atoms with E-state index < -0.39 is 121 Å². The van der Waals surface area contributed by atoms with Gasteiger partial charge in [0.15, 0.2) is 0 Å². The predicted molar refractivity (Wildman–Crippen MR) is 270 cm³/mol. The summed E-state index contributed by atoms with van der Waals surface area (Å²) in [5.74, 6) is -8.69. The van der Waals surface area contributed by atoms with Gasteiger partial charge in [0.1, 0.15) is 48.4 Å². The first kappa shape index (κ1) is 64.2. The van der Waals surface area contributed by atoms with Crippen LogP contribution in [0, 0.1) is 23.7 Å². The van der Waals surface area contributed by atoms with Crippen LogP contribution in [0.1, 0.15) is 178 Å². The van der Waals surface area contributed by atoms with Crippen LogP contribution in [-0.4, -0.2) is 132 Å². The zero-order valence-corrected chi connectivity index (χ0v) is 44.5. The van der Waals surface area contributed by atoms with Gasteiger partial charge in [-0.3, -0.25) is 38.4 Å². The number of nitrogens with one attached hydrogen (secondary N) is 8. The molecule has 20 heteroatoms. The number of aliphatic hydroxyl groups excluding tert-OH is 2. The van der Waals surface area contributed by atoms with E-state index in [0.717, 1.165) is 19.3 Å². The van der Waals surface area contributed by atoms with E-state index in [1.165, 1.54) is 64.7 Å². The second-order valence-electron chi connectivity index (χ2n) is 20.7. The molecule has 8 atom stereocenters. The summed E-state index contributed by atoms with van der Waals surface area (Å²) in [4.78, 5) is 123. The maximum Gasteiger partial charge on any atom is 0.329 e. The first-order valence-electron chi connectivity index (χ1n) is 26.3. The van der Waals surface area contributed by atoms with Gasteiger partial charge in [0.25, 0.3) is 0 Å². The lowest BCUT2D eigenvalue weighted by atomic mass is 9.99. The van der Waals surface area contributed by atoms with E-state index in [2.05, 4.69) is 49.5 Å². The molecule has 1 aliphatic rings. The molecule has 20 nitrogen and oxygen atoms in total. The molecule has 8 amide bonds. The average molecular weight is 1010 g/mol. The molecule has 1 rings (SSSR count). The third kappa shape index (κ3) is 26.4. The number of aliphatic hydroxyl groups is 2. The Kier molecular flexibility index (Phi) is 31.9. The lowest BCUT2D eigenvalue weighted by Gasteiger charge is -2.31. The van der Waals surface area contributed by atoms with Crippen LogP contribution < -0.4 is 42.5 Å². The molecule has 0 bridgehead atoms. The van der Waals surface area contributed by atoms with Crippen LogP contribution in [0.2, 0.25) is 0 Å². The molecular weight excluding hydrogens is 917 g/mol. The SMILES string of the molecule is CCCCCCCCCCCCCCCC(=O)NCC(=O)NC(CO)C(=O)NC1C(=O)NC(CC(C)C)C(=O)NC(CC(C)C)C(=O)NC(CO)C(=O)NC(CC(C)C)C(=O)NC(C(C)C)C(=O)OC1C. The molecule has 0 aromatic heterocycles. The average Bonchev–Trinajstić information content (AvgIpc) is 3.29. The highest BCUT2D eigenvalue weighted by molar-refractivity contribution is 5.98. The van der Waals surface area contributed by atoms with Gasteiger partial charge in [0, 0.05) is 6.42 Å². The summed E-state index contributed by atoms with van der Waals surface area (Å²) in [6, 6.07) is -10.1. The molecule has 1 heterocycles. The van der Waals surface area contributed by atoms with E-state index in [-0.39, 0.29) is 49.3 Å². The summed E-state index contributed by atoms with van der Waals surface area (Å²) in [5.41, 5.74) is 0. The van der Waals surface area contributed by atoms with Crippen LogP contribution in [0.15, 0.2) is 0 Å². The first-order chi connectivity index (χ1) is 33.5. The van der Waals surface area contributed by atoms with Gasteiger partial charge in [-0.15, -0.1) is 0 Å². The van der Waals surface area contributed by atoms with Crippen molar-refractivity contribution in [1.29, 1.82) is 0 Å². The van der Waals surface area contributed by atoms with Crippen molar-refractivity contribution in [3.63, 3.8) is 0 Å². The van der Waals surface area contributed by atoms with Crippen molar-refractivity contribution in [2.45, 2.75) is 227 Å². The molecule has 0 aliphatic carbocycles. The minimum absolute atomic E-state index is 0.0309. The summed E-state index contributed by atoms with van der Waals surface area (Å²) in [5, 5.41) is 40.7. The number of hydrogen-bond donors (Lipinski definition) is 10. The molecular formula is C51H92N8O12. The van der Waals surface area contributed by atoms with Crippen LogP contribution in [0.3, 0.4) is 0 Å². The van der Waals surface area contributed by atoms with Gasteiger partial charge in [-0.2, -0.15) is 0 Å². The highest BCUT2D eigenvalue weighted by Crippen LogP contribution is 2.16. The zero-order valence-electron chi connectivity index (χ0n) is 44.5. The van der Waals surface area contributed by atoms with Crippen molar-refractivity contribution in [3.8, 4) is 0 Å². The fraction of sp³-hybridized carbons (Fsp3) is 0.824. The molecule has 1 fully saturated rings. The van der Waals surface area contributed by atoms with Crippen molar-refractivity contribution < 1.29 is 58.1 Å². The quantitative estimate of drug-likeness (QED) is 0.0400. The topological polar surface area (TPSA) is 300 Å². The van der Waals surface area contributed by atoms with Crippen molar-refractivity contribution in [2.75, 3.05) is 19.8 Å². The molecule has 1 saturated heterocycles. The normalized spacial score (nSPS) is 22.6. The molecule has 1 aliphatic heterocycles. The zero-order chi connectivity index (χ0) is 53.6. The van der Waals surface area contributed by atoms with Gasteiger partial charge in [-0.25, -0.2) is 4.79 Å². The van der Waals surface area contributed by atoms with Gasteiger partial charge in [0.05, 0.1) is 19.8 Å². The number of rotatable bonds is 28. The van der Waals surface area contributed by atoms with Gasteiger partial charge >= 0.3 is 5.97 Å². The predicted octanol–water partition coefficient (Wildman–Crippen LogP) is 2.70. The Morgan fingerprint density at radius 1 is 0.563 bits per heavy atom. The van der Waals surface area contributed by atoms with Gasteiger partial charge in [0.2, 0.25) is 47.3 Å². The van der Waals surface area contributed by atoms with Crippen molar-refractivity contribution >= 4 is 53.2 Å². The molecule has 10 N–H and O–H groups in total. The number of carbonyl (C=O) groups is 9.